The van der Waals surface area contributed by atoms with E-state index >= 15 is 0 Å². The summed E-state index contributed by atoms with van der Waals surface area (Å²) in [5, 5.41) is 9.80. The molecule has 0 atom stereocenters. The highest BCUT2D eigenvalue weighted by Gasteiger charge is 2.10. The van der Waals surface area contributed by atoms with Crippen LogP contribution in [-0.4, -0.2) is 27.2 Å². The van der Waals surface area contributed by atoms with Crippen molar-refractivity contribution in [3.8, 4) is 11.4 Å². The molecule has 2 rings (SSSR count). The summed E-state index contributed by atoms with van der Waals surface area (Å²) in [7, 11) is 0. The van der Waals surface area contributed by atoms with E-state index in [1.807, 2.05) is 35.8 Å². The molecule has 0 bridgehead atoms. The summed E-state index contributed by atoms with van der Waals surface area (Å²) in [5.74, 6) is 0.716. The highest BCUT2D eigenvalue weighted by atomic mass is 32.1. The van der Waals surface area contributed by atoms with E-state index in [9.17, 15) is 4.79 Å². The van der Waals surface area contributed by atoms with Crippen molar-refractivity contribution in [3.05, 3.63) is 47.3 Å². The third-order valence-corrected chi connectivity index (χ3v) is 3.35. The van der Waals surface area contributed by atoms with Gasteiger partial charge >= 0.3 is 0 Å². The molecular formula is C15H18N4OS. The first-order valence-corrected chi connectivity index (χ1v) is 7.12. The fourth-order valence-corrected chi connectivity index (χ4v) is 2.24. The number of hydrogen-bond donors (Lipinski definition) is 2. The highest BCUT2D eigenvalue weighted by Crippen LogP contribution is 2.18. The van der Waals surface area contributed by atoms with Gasteiger partial charge in [0.25, 0.3) is 0 Å². The number of carbonyl (C=O) groups is 1. The zero-order valence-electron chi connectivity index (χ0n) is 11.9. The molecule has 1 heterocycles. The van der Waals surface area contributed by atoms with E-state index in [1.54, 1.807) is 6.08 Å². The van der Waals surface area contributed by atoms with E-state index in [2.05, 4.69) is 22.1 Å². The molecule has 5 nitrogen and oxygen atoms in total. The lowest BCUT2D eigenvalue weighted by Gasteiger charge is -2.07. The molecule has 0 unspecified atom stereocenters. The normalized spacial score (nSPS) is 10.3. The third-order valence-electron chi connectivity index (χ3n) is 3.04. The molecule has 0 saturated heterocycles. The van der Waals surface area contributed by atoms with Crippen molar-refractivity contribution in [1.82, 2.24) is 20.1 Å². The van der Waals surface area contributed by atoms with Crippen LogP contribution in [0.25, 0.3) is 11.4 Å². The van der Waals surface area contributed by atoms with Crippen LogP contribution in [0.2, 0.25) is 0 Å². The van der Waals surface area contributed by atoms with Crippen molar-refractivity contribution in [2.45, 2.75) is 19.9 Å². The maximum Gasteiger partial charge on any atom is 0.222 e. The van der Waals surface area contributed by atoms with Crippen molar-refractivity contribution in [1.29, 1.82) is 0 Å². The zero-order valence-corrected chi connectivity index (χ0v) is 12.7. The molecule has 21 heavy (non-hydrogen) atoms. The summed E-state index contributed by atoms with van der Waals surface area (Å²) in [6, 6.07) is 8.02. The quantitative estimate of drug-likeness (QED) is 0.637. The van der Waals surface area contributed by atoms with Gasteiger partial charge in [0.1, 0.15) is 0 Å². The van der Waals surface area contributed by atoms with Gasteiger partial charge in [0, 0.05) is 25.1 Å². The Morgan fingerprint density at radius 3 is 3.10 bits per heavy atom. The van der Waals surface area contributed by atoms with Crippen LogP contribution in [0.15, 0.2) is 36.9 Å². The molecule has 0 aliphatic rings. The van der Waals surface area contributed by atoms with Crippen molar-refractivity contribution in [3.63, 3.8) is 0 Å². The lowest BCUT2D eigenvalue weighted by Crippen LogP contribution is -2.24. The van der Waals surface area contributed by atoms with Crippen molar-refractivity contribution in [2.24, 2.45) is 0 Å². The molecule has 0 spiro atoms. The van der Waals surface area contributed by atoms with Gasteiger partial charge in [-0.2, -0.15) is 5.10 Å². The number of hydrogen-bond acceptors (Lipinski definition) is 3. The monoisotopic (exact) mass is 302 g/mol. The van der Waals surface area contributed by atoms with Gasteiger partial charge in [0.2, 0.25) is 5.91 Å². The molecule has 1 amide bonds. The minimum atomic E-state index is -0.0341. The summed E-state index contributed by atoms with van der Waals surface area (Å²) in [5.41, 5.74) is 2.13. The molecule has 110 valence electrons. The predicted molar refractivity (Wildman–Crippen MR) is 85.4 cm³/mol. The highest BCUT2D eigenvalue weighted by molar-refractivity contribution is 7.71. The van der Waals surface area contributed by atoms with E-state index in [1.165, 1.54) is 0 Å². The number of H-pyrrole nitrogens is 1. The summed E-state index contributed by atoms with van der Waals surface area (Å²) in [4.78, 5) is 11.7. The lowest BCUT2D eigenvalue weighted by molar-refractivity contribution is -0.121. The number of aromatic amines is 1. The van der Waals surface area contributed by atoms with Crippen LogP contribution in [0.5, 0.6) is 0 Å². The van der Waals surface area contributed by atoms with E-state index in [-0.39, 0.29) is 5.91 Å². The van der Waals surface area contributed by atoms with Crippen molar-refractivity contribution >= 4 is 18.1 Å². The number of aromatic nitrogens is 3. The van der Waals surface area contributed by atoms with E-state index in [0.29, 0.717) is 24.3 Å². The van der Waals surface area contributed by atoms with Gasteiger partial charge in [0.05, 0.1) is 0 Å². The number of carbonyl (C=O) groups excluding carboxylic acids is 1. The molecule has 0 aliphatic heterocycles. The number of aryl methyl sites for hydroxylation is 1. The van der Waals surface area contributed by atoms with Crippen LogP contribution < -0.4 is 5.32 Å². The van der Waals surface area contributed by atoms with E-state index in [4.69, 9.17) is 12.2 Å². The summed E-state index contributed by atoms with van der Waals surface area (Å²) in [6.07, 6.45) is 2.00. The molecule has 0 radical (unpaired) electrons. The van der Waals surface area contributed by atoms with Gasteiger partial charge in [-0.3, -0.25) is 14.5 Å². The first-order chi connectivity index (χ1) is 10.1. The van der Waals surface area contributed by atoms with Crippen LogP contribution in [0.3, 0.4) is 0 Å². The van der Waals surface area contributed by atoms with Crippen molar-refractivity contribution < 1.29 is 4.79 Å². The van der Waals surface area contributed by atoms with Gasteiger partial charge in [-0.15, -0.1) is 6.58 Å². The number of rotatable bonds is 6. The Labute approximate surface area is 128 Å². The molecule has 2 aromatic rings. The zero-order chi connectivity index (χ0) is 15.2. The maximum atomic E-state index is 11.7. The Bertz CT molecular complexity index is 702. The van der Waals surface area contributed by atoms with Crippen LogP contribution in [0.1, 0.15) is 12.0 Å². The van der Waals surface area contributed by atoms with Gasteiger partial charge in [-0.1, -0.05) is 29.8 Å². The molecule has 1 aromatic heterocycles. The average molecular weight is 302 g/mol. The number of nitrogens with zero attached hydrogens (tertiary/aromatic N) is 2. The third kappa shape index (κ3) is 3.88. The Hall–Kier alpha value is -2.21. The molecule has 6 heteroatoms. The molecule has 2 N–H and O–H groups in total. The Morgan fingerprint density at radius 2 is 2.38 bits per heavy atom. The number of amides is 1. The standard InChI is InChI=1S/C15H18N4OS/c1-3-8-16-13(20)7-9-19-14(17-18-15(19)21)12-6-4-5-11(2)10-12/h3-6,10H,1,7-9H2,2H3,(H,16,20)(H,18,21). The molecule has 0 aliphatic carbocycles. The number of benzene rings is 1. The fourth-order valence-electron chi connectivity index (χ4n) is 2.02. The first-order valence-electron chi connectivity index (χ1n) is 6.71. The second-order valence-electron chi connectivity index (χ2n) is 4.72. The van der Waals surface area contributed by atoms with Crippen LogP contribution in [0.4, 0.5) is 0 Å². The lowest BCUT2D eigenvalue weighted by atomic mass is 10.1. The molecular weight excluding hydrogens is 284 g/mol. The average Bonchev–Trinajstić information content (AvgIpc) is 2.84. The minimum absolute atomic E-state index is 0.0341. The smallest absolute Gasteiger partial charge is 0.222 e. The SMILES string of the molecule is C=CCNC(=O)CCn1c(-c2cccc(C)c2)n[nH]c1=S. The van der Waals surface area contributed by atoms with Crippen LogP contribution in [-0.2, 0) is 11.3 Å². The van der Waals surface area contributed by atoms with Crippen molar-refractivity contribution in [2.75, 3.05) is 6.54 Å². The van der Waals surface area contributed by atoms with Gasteiger partial charge in [0.15, 0.2) is 10.6 Å². The first kappa shape index (κ1) is 15.2. The molecule has 1 aromatic carbocycles. The van der Waals surface area contributed by atoms with Crippen LogP contribution in [0, 0.1) is 11.7 Å². The topological polar surface area (TPSA) is 62.7 Å². The Morgan fingerprint density at radius 1 is 1.57 bits per heavy atom. The minimum Gasteiger partial charge on any atom is -0.353 e. The summed E-state index contributed by atoms with van der Waals surface area (Å²) < 4.78 is 2.36. The second kappa shape index (κ2) is 6.99. The van der Waals surface area contributed by atoms with E-state index in [0.717, 1.165) is 17.0 Å². The van der Waals surface area contributed by atoms with E-state index < -0.39 is 0 Å². The summed E-state index contributed by atoms with van der Waals surface area (Å²) in [6.45, 7) is 6.55. The maximum absolute atomic E-state index is 11.7. The van der Waals surface area contributed by atoms with Gasteiger partial charge in [-0.05, 0) is 25.2 Å². The Kier molecular flexibility index (Phi) is 5.05. The predicted octanol–water partition coefficient (Wildman–Crippen LogP) is 2.61. The van der Waals surface area contributed by atoms with Gasteiger partial charge in [-0.25, -0.2) is 0 Å². The summed E-state index contributed by atoms with van der Waals surface area (Å²) >= 11 is 5.24. The molecule has 0 fully saturated rings. The largest absolute Gasteiger partial charge is 0.353 e. The second-order valence-corrected chi connectivity index (χ2v) is 5.10. The fraction of sp³-hybridized carbons (Fsp3) is 0.267. The van der Waals surface area contributed by atoms with Gasteiger partial charge < -0.3 is 5.32 Å². The Balaban J connectivity index is 2.17. The van der Waals surface area contributed by atoms with Crippen LogP contribution >= 0.6 is 12.2 Å². The molecule has 0 saturated carbocycles. The number of nitrogens with one attached hydrogen (secondary N) is 2.